The smallest absolute Gasteiger partial charge is 0.223 e. The average molecular weight is 357 g/mol. The van der Waals surface area contributed by atoms with Crippen LogP contribution in [0.5, 0.6) is 0 Å². The second kappa shape index (κ2) is 10.8. The molecule has 0 fully saturated rings. The Labute approximate surface area is 135 Å². The number of halogens is 1. The lowest BCUT2D eigenvalue weighted by Gasteiger charge is -2.17. The second-order valence-corrected chi connectivity index (χ2v) is 5.98. The summed E-state index contributed by atoms with van der Waals surface area (Å²) >= 11 is 3.47. The maximum Gasteiger partial charge on any atom is 0.223 e. The molecule has 0 aliphatic carbocycles. The van der Waals surface area contributed by atoms with E-state index in [9.17, 15) is 4.79 Å². The molecule has 0 saturated heterocycles. The standard InChI is InChI=1S/C16H25BrN2O2/c1-18-8-4-9-19-16(20)14(7-10-21-2)11-13-5-3-6-15(17)12-13/h3,5-6,12,14,18H,4,7-11H2,1-2H3,(H,19,20). The zero-order valence-electron chi connectivity index (χ0n) is 12.8. The van der Waals surface area contributed by atoms with Crippen molar-refractivity contribution in [1.82, 2.24) is 10.6 Å². The molecule has 1 aromatic rings. The minimum atomic E-state index is -0.0474. The Hall–Kier alpha value is -0.910. The van der Waals surface area contributed by atoms with Crippen molar-refractivity contribution in [1.29, 1.82) is 0 Å². The van der Waals surface area contributed by atoms with Crippen molar-refractivity contribution in [2.45, 2.75) is 19.3 Å². The molecule has 1 unspecified atom stereocenters. The monoisotopic (exact) mass is 356 g/mol. The number of ether oxygens (including phenoxy) is 1. The first kappa shape index (κ1) is 18.1. The summed E-state index contributed by atoms with van der Waals surface area (Å²) in [7, 11) is 3.58. The van der Waals surface area contributed by atoms with Gasteiger partial charge in [-0.2, -0.15) is 0 Å². The summed E-state index contributed by atoms with van der Waals surface area (Å²) in [5.41, 5.74) is 1.16. The van der Waals surface area contributed by atoms with Crippen LogP contribution in [0.4, 0.5) is 0 Å². The van der Waals surface area contributed by atoms with Gasteiger partial charge in [0.15, 0.2) is 0 Å². The molecule has 0 aliphatic heterocycles. The van der Waals surface area contributed by atoms with E-state index in [0.717, 1.165) is 35.8 Å². The van der Waals surface area contributed by atoms with Crippen LogP contribution >= 0.6 is 15.9 Å². The highest BCUT2D eigenvalue weighted by Crippen LogP contribution is 2.17. The van der Waals surface area contributed by atoms with Crippen LogP contribution in [-0.4, -0.2) is 39.8 Å². The quantitative estimate of drug-likeness (QED) is 0.632. The van der Waals surface area contributed by atoms with Crippen LogP contribution in [-0.2, 0) is 16.0 Å². The van der Waals surface area contributed by atoms with Crippen molar-refractivity contribution < 1.29 is 9.53 Å². The van der Waals surface area contributed by atoms with Gasteiger partial charge in [0.25, 0.3) is 0 Å². The van der Waals surface area contributed by atoms with Gasteiger partial charge in [-0.25, -0.2) is 0 Å². The summed E-state index contributed by atoms with van der Waals surface area (Å²) in [6.07, 6.45) is 2.41. The third-order valence-corrected chi connectivity index (χ3v) is 3.81. The van der Waals surface area contributed by atoms with Crippen LogP contribution in [0.25, 0.3) is 0 Å². The number of methoxy groups -OCH3 is 1. The minimum absolute atomic E-state index is 0.0474. The lowest BCUT2D eigenvalue weighted by atomic mass is 9.95. The fraction of sp³-hybridized carbons (Fsp3) is 0.562. The largest absolute Gasteiger partial charge is 0.385 e. The molecule has 118 valence electrons. The van der Waals surface area contributed by atoms with Gasteiger partial charge in [-0.1, -0.05) is 28.1 Å². The summed E-state index contributed by atoms with van der Waals surface area (Å²) in [6, 6.07) is 8.11. The maximum atomic E-state index is 12.3. The molecule has 0 heterocycles. The molecule has 4 nitrogen and oxygen atoms in total. The van der Waals surface area contributed by atoms with E-state index in [1.165, 1.54) is 0 Å². The maximum absolute atomic E-state index is 12.3. The fourth-order valence-electron chi connectivity index (χ4n) is 2.16. The summed E-state index contributed by atoms with van der Waals surface area (Å²) in [5, 5.41) is 6.09. The van der Waals surface area contributed by atoms with Crippen LogP contribution in [0.3, 0.4) is 0 Å². The van der Waals surface area contributed by atoms with Gasteiger partial charge in [-0.15, -0.1) is 0 Å². The number of rotatable bonds is 10. The molecule has 2 N–H and O–H groups in total. The number of hydrogen-bond donors (Lipinski definition) is 2. The number of amides is 1. The van der Waals surface area contributed by atoms with Crippen LogP contribution in [0.1, 0.15) is 18.4 Å². The molecular formula is C16H25BrN2O2. The van der Waals surface area contributed by atoms with E-state index in [-0.39, 0.29) is 11.8 Å². The summed E-state index contributed by atoms with van der Waals surface area (Å²) in [4.78, 5) is 12.3. The zero-order chi connectivity index (χ0) is 15.5. The molecule has 0 aromatic heterocycles. The molecular weight excluding hydrogens is 332 g/mol. The third kappa shape index (κ3) is 7.60. The molecule has 0 spiro atoms. The number of carbonyl (C=O) groups is 1. The lowest BCUT2D eigenvalue weighted by Crippen LogP contribution is -2.34. The van der Waals surface area contributed by atoms with Crippen LogP contribution in [0.2, 0.25) is 0 Å². The highest BCUT2D eigenvalue weighted by atomic mass is 79.9. The van der Waals surface area contributed by atoms with Gasteiger partial charge in [0.1, 0.15) is 0 Å². The first-order valence-corrected chi connectivity index (χ1v) is 8.12. The molecule has 0 saturated carbocycles. The molecule has 1 aromatic carbocycles. The number of hydrogen-bond acceptors (Lipinski definition) is 3. The van der Waals surface area contributed by atoms with Crippen molar-refractivity contribution in [3.63, 3.8) is 0 Å². The molecule has 0 bridgehead atoms. The number of benzene rings is 1. The summed E-state index contributed by atoms with van der Waals surface area (Å²) < 4.78 is 6.17. The fourth-order valence-corrected chi connectivity index (χ4v) is 2.60. The predicted octanol–water partition coefficient (Wildman–Crippen LogP) is 2.37. The Kier molecular flexibility index (Phi) is 9.30. The summed E-state index contributed by atoms with van der Waals surface area (Å²) in [5.74, 6) is 0.0666. The Morgan fingerprint density at radius 1 is 1.38 bits per heavy atom. The summed E-state index contributed by atoms with van der Waals surface area (Å²) in [6.45, 7) is 2.22. The lowest BCUT2D eigenvalue weighted by molar-refractivity contribution is -0.125. The molecule has 1 amide bonds. The normalized spacial score (nSPS) is 12.1. The highest BCUT2D eigenvalue weighted by molar-refractivity contribution is 9.10. The predicted molar refractivity (Wildman–Crippen MR) is 89.4 cm³/mol. The van der Waals surface area contributed by atoms with Crippen LogP contribution in [0, 0.1) is 5.92 Å². The van der Waals surface area contributed by atoms with Gasteiger partial charge in [-0.05, 0) is 50.6 Å². The minimum Gasteiger partial charge on any atom is -0.385 e. The van der Waals surface area contributed by atoms with Gasteiger partial charge < -0.3 is 15.4 Å². The van der Waals surface area contributed by atoms with E-state index >= 15 is 0 Å². The Bertz CT molecular complexity index is 426. The molecule has 1 atom stereocenters. The third-order valence-electron chi connectivity index (χ3n) is 3.32. The van der Waals surface area contributed by atoms with Crippen molar-refractivity contribution in [2.24, 2.45) is 5.92 Å². The van der Waals surface area contributed by atoms with Gasteiger partial charge in [0.2, 0.25) is 5.91 Å². The molecule has 21 heavy (non-hydrogen) atoms. The van der Waals surface area contributed by atoms with Crippen molar-refractivity contribution in [3.05, 3.63) is 34.3 Å². The molecule has 1 rings (SSSR count). The Balaban J connectivity index is 2.55. The van der Waals surface area contributed by atoms with Gasteiger partial charge >= 0.3 is 0 Å². The van der Waals surface area contributed by atoms with Gasteiger partial charge in [0.05, 0.1) is 0 Å². The van der Waals surface area contributed by atoms with E-state index in [4.69, 9.17) is 4.74 Å². The number of nitrogens with one attached hydrogen (secondary N) is 2. The molecule has 0 aliphatic rings. The van der Waals surface area contributed by atoms with E-state index in [0.29, 0.717) is 13.2 Å². The number of carbonyl (C=O) groups excluding carboxylic acids is 1. The first-order chi connectivity index (χ1) is 10.2. The SMILES string of the molecule is CNCCCNC(=O)C(CCOC)Cc1cccc(Br)c1. The molecule has 5 heteroatoms. The van der Waals surface area contributed by atoms with E-state index < -0.39 is 0 Å². The van der Waals surface area contributed by atoms with Crippen LogP contribution in [0.15, 0.2) is 28.7 Å². The molecule has 0 radical (unpaired) electrons. The van der Waals surface area contributed by atoms with Crippen molar-refractivity contribution in [3.8, 4) is 0 Å². The van der Waals surface area contributed by atoms with Gasteiger partial charge in [0, 0.05) is 30.7 Å². The van der Waals surface area contributed by atoms with Gasteiger partial charge in [-0.3, -0.25) is 4.79 Å². The van der Waals surface area contributed by atoms with Crippen molar-refractivity contribution in [2.75, 3.05) is 33.9 Å². The Morgan fingerprint density at radius 3 is 2.86 bits per heavy atom. The highest BCUT2D eigenvalue weighted by Gasteiger charge is 2.18. The van der Waals surface area contributed by atoms with Crippen LogP contribution < -0.4 is 10.6 Å². The van der Waals surface area contributed by atoms with Crippen molar-refractivity contribution >= 4 is 21.8 Å². The first-order valence-electron chi connectivity index (χ1n) is 7.33. The van der Waals surface area contributed by atoms with E-state index in [2.05, 4.69) is 38.7 Å². The average Bonchev–Trinajstić information content (AvgIpc) is 2.47. The second-order valence-electron chi connectivity index (χ2n) is 5.06. The topological polar surface area (TPSA) is 50.4 Å². The van der Waals surface area contributed by atoms with E-state index in [1.54, 1.807) is 7.11 Å². The zero-order valence-corrected chi connectivity index (χ0v) is 14.4. The van der Waals surface area contributed by atoms with E-state index in [1.807, 2.05) is 19.2 Å². The Morgan fingerprint density at radius 2 is 2.19 bits per heavy atom.